The lowest BCUT2D eigenvalue weighted by molar-refractivity contribution is -0.150. The molecule has 0 amide bonds. The van der Waals surface area contributed by atoms with E-state index in [-0.39, 0.29) is 29.8 Å². The number of carbonyl (C=O) groups is 4. The lowest BCUT2D eigenvalue weighted by atomic mass is 9.83. The molecule has 0 aromatic rings. The van der Waals surface area contributed by atoms with E-state index in [2.05, 4.69) is 37.2 Å². The highest BCUT2D eigenvalue weighted by atomic mass is 16.5. The number of hydrogen-bond donors (Lipinski definition) is 0. The van der Waals surface area contributed by atoms with Gasteiger partial charge in [0.2, 0.25) is 0 Å². The molecule has 0 aliphatic rings. The molecule has 252 valence electrons. The van der Waals surface area contributed by atoms with E-state index in [1.807, 2.05) is 13.8 Å². The third-order valence-electron chi connectivity index (χ3n) is 6.20. The fraction of sp³-hybridized carbons (Fsp3) is 0.882. The summed E-state index contributed by atoms with van der Waals surface area (Å²) >= 11 is 0. The van der Waals surface area contributed by atoms with E-state index >= 15 is 0 Å². The van der Waals surface area contributed by atoms with E-state index in [0.717, 1.165) is 44.9 Å². The average molecular weight is 605 g/mol. The fourth-order valence-electron chi connectivity index (χ4n) is 4.16. The Kier molecular flexibility index (Phi) is 43.3. The van der Waals surface area contributed by atoms with Gasteiger partial charge >= 0.3 is 23.9 Å². The largest absolute Gasteiger partial charge is 0.466 e. The van der Waals surface area contributed by atoms with Crippen molar-refractivity contribution in [1.82, 2.24) is 0 Å². The van der Waals surface area contributed by atoms with Gasteiger partial charge in [0.25, 0.3) is 0 Å². The number of rotatable bonds is 20. The van der Waals surface area contributed by atoms with Crippen LogP contribution >= 0.6 is 0 Å². The molecule has 8 heteroatoms. The monoisotopic (exact) mass is 604 g/mol. The van der Waals surface area contributed by atoms with Gasteiger partial charge < -0.3 is 18.9 Å². The van der Waals surface area contributed by atoms with Crippen molar-refractivity contribution in [2.75, 3.05) is 26.4 Å². The summed E-state index contributed by atoms with van der Waals surface area (Å²) in [5.41, 5.74) is 0. The highest BCUT2D eigenvalue weighted by molar-refractivity contribution is 5.72. The molecule has 0 saturated carbocycles. The van der Waals surface area contributed by atoms with Crippen LogP contribution in [-0.4, -0.2) is 50.3 Å². The predicted octanol–water partition coefficient (Wildman–Crippen LogP) is 9.01. The van der Waals surface area contributed by atoms with Crippen molar-refractivity contribution in [2.24, 2.45) is 11.8 Å². The summed E-state index contributed by atoms with van der Waals surface area (Å²) in [5.74, 6) is 0.209. The van der Waals surface area contributed by atoms with Crippen LogP contribution < -0.4 is 0 Å². The van der Waals surface area contributed by atoms with Crippen LogP contribution in [0.15, 0.2) is 0 Å². The summed E-state index contributed by atoms with van der Waals surface area (Å²) < 4.78 is 18.9. The maximum absolute atomic E-state index is 12.1. The summed E-state index contributed by atoms with van der Waals surface area (Å²) in [4.78, 5) is 42.6. The van der Waals surface area contributed by atoms with Crippen LogP contribution in [0.5, 0.6) is 0 Å². The molecule has 0 heterocycles. The maximum atomic E-state index is 12.1. The van der Waals surface area contributed by atoms with Crippen LogP contribution in [-0.2, 0) is 38.1 Å². The molecule has 0 fully saturated rings. The Morgan fingerprint density at radius 3 is 1.31 bits per heavy atom. The highest BCUT2D eigenvalue weighted by Gasteiger charge is 2.27. The zero-order valence-corrected chi connectivity index (χ0v) is 29.1. The van der Waals surface area contributed by atoms with Gasteiger partial charge in [0.05, 0.1) is 32.3 Å². The number of esters is 4. The Morgan fingerprint density at radius 1 is 0.500 bits per heavy atom. The lowest BCUT2D eigenvalue weighted by Crippen LogP contribution is -2.26. The second kappa shape index (κ2) is 38.9. The normalized spacial score (nSPS) is 11.1. The fourth-order valence-corrected chi connectivity index (χ4v) is 4.16. The Morgan fingerprint density at radius 2 is 0.952 bits per heavy atom. The third kappa shape index (κ3) is 40.0. The number of carbonyl (C=O) groups excluding carboxylic acids is 4. The number of ether oxygens (including phenoxy) is 4. The van der Waals surface area contributed by atoms with Crippen LogP contribution in [0, 0.1) is 11.8 Å². The molecule has 0 aliphatic carbocycles. The van der Waals surface area contributed by atoms with E-state index in [0.29, 0.717) is 38.8 Å². The minimum atomic E-state index is -0.211. The molecule has 0 N–H and O–H groups in total. The topological polar surface area (TPSA) is 105 Å². The van der Waals surface area contributed by atoms with Gasteiger partial charge in [0, 0.05) is 20.3 Å². The van der Waals surface area contributed by atoms with Gasteiger partial charge in [0.15, 0.2) is 0 Å². The van der Waals surface area contributed by atoms with Crippen molar-refractivity contribution >= 4 is 23.9 Å². The van der Waals surface area contributed by atoms with E-state index in [9.17, 15) is 19.2 Å². The van der Waals surface area contributed by atoms with E-state index in [4.69, 9.17) is 9.47 Å². The molecule has 0 radical (unpaired) electrons. The molecule has 42 heavy (non-hydrogen) atoms. The van der Waals surface area contributed by atoms with Gasteiger partial charge in [-0.05, 0) is 52.9 Å². The van der Waals surface area contributed by atoms with Gasteiger partial charge in [-0.3, -0.25) is 19.2 Å². The first kappa shape index (κ1) is 46.8. The molecule has 0 aliphatic heterocycles. The lowest BCUT2D eigenvalue weighted by Gasteiger charge is -2.24. The summed E-state index contributed by atoms with van der Waals surface area (Å²) in [6.45, 7) is 20.9. The Bertz CT molecular complexity index is 590. The van der Waals surface area contributed by atoms with Gasteiger partial charge in [0.1, 0.15) is 0 Å². The van der Waals surface area contributed by atoms with Crippen molar-refractivity contribution in [3.63, 3.8) is 0 Å². The SMILES string of the molecule is CCCCCCC(C(=O)OCC)C(CC)CCC.CCCCCCCC(=O)OCC.CCOC(C)=O.CCOC(C)=O. The zero-order chi connectivity index (χ0) is 33.0. The molecule has 2 atom stereocenters. The molecule has 2 unspecified atom stereocenters. The van der Waals surface area contributed by atoms with Crippen LogP contribution in [0.2, 0.25) is 0 Å². The van der Waals surface area contributed by atoms with Crippen molar-refractivity contribution in [3.8, 4) is 0 Å². The van der Waals surface area contributed by atoms with Crippen molar-refractivity contribution < 1.29 is 38.1 Å². The molecule has 0 rings (SSSR count). The molecular formula is C34H68O8. The first-order valence-corrected chi connectivity index (χ1v) is 16.6. The van der Waals surface area contributed by atoms with Gasteiger partial charge in [-0.25, -0.2) is 0 Å². The minimum absolute atomic E-state index is 0.0364. The van der Waals surface area contributed by atoms with E-state index in [1.165, 1.54) is 52.4 Å². The smallest absolute Gasteiger partial charge is 0.309 e. The second-order valence-electron chi connectivity index (χ2n) is 9.98. The molecular weight excluding hydrogens is 536 g/mol. The molecule has 0 saturated heterocycles. The molecule has 8 nitrogen and oxygen atoms in total. The quantitative estimate of drug-likeness (QED) is 0.0770. The van der Waals surface area contributed by atoms with Gasteiger partial charge in [-0.2, -0.15) is 0 Å². The highest BCUT2D eigenvalue weighted by Crippen LogP contribution is 2.27. The van der Waals surface area contributed by atoms with E-state index < -0.39 is 0 Å². The Hall–Kier alpha value is -2.12. The van der Waals surface area contributed by atoms with Gasteiger partial charge in [-0.1, -0.05) is 91.9 Å². The van der Waals surface area contributed by atoms with Gasteiger partial charge in [-0.15, -0.1) is 0 Å². The minimum Gasteiger partial charge on any atom is -0.466 e. The summed E-state index contributed by atoms with van der Waals surface area (Å²) in [7, 11) is 0. The number of hydrogen-bond acceptors (Lipinski definition) is 8. The molecule has 0 spiro atoms. The summed E-state index contributed by atoms with van der Waals surface area (Å²) in [5, 5.41) is 0. The molecule has 0 aromatic carbocycles. The second-order valence-corrected chi connectivity index (χ2v) is 9.98. The predicted molar refractivity (Wildman–Crippen MR) is 172 cm³/mol. The number of unbranched alkanes of at least 4 members (excludes halogenated alkanes) is 7. The standard InChI is InChI=1S/C16H32O2.C10H20O2.2C4H8O2/c1-5-9-10-11-13-15(16(17)18-8-4)14(7-3)12-6-2;1-3-5-6-7-8-9-10(11)12-4-2;2*1-3-6-4(2)5/h14-15H,5-13H2,1-4H3;3-9H2,1-2H3;2*3H2,1-2H3. The summed E-state index contributed by atoms with van der Waals surface area (Å²) in [6.07, 6.45) is 15.9. The first-order chi connectivity index (χ1) is 20.1. The average Bonchev–Trinajstić information content (AvgIpc) is 2.93. The van der Waals surface area contributed by atoms with Crippen LogP contribution in [0.1, 0.15) is 159 Å². The first-order valence-electron chi connectivity index (χ1n) is 16.6. The van der Waals surface area contributed by atoms with Crippen LogP contribution in [0.3, 0.4) is 0 Å². The van der Waals surface area contributed by atoms with Crippen LogP contribution in [0.4, 0.5) is 0 Å². The van der Waals surface area contributed by atoms with Crippen molar-refractivity contribution in [1.29, 1.82) is 0 Å². The Labute approximate surface area is 259 Å². The Balaban J connectivity index is -0.000000257. The maximum Gasteiger partial charge on any atom is 0.309 e. The van der Waals surface area contributed by atoms with Crippen molar-refractivity contribution in [2.45, 2.75) is 159 Å². The van der Waals surface area contributed by atoms with E-state index in [1.54, 1.807) is 13.8 Å². The molecule has 0 bridgehead atoms. The zero-order valence-electron chi connectivity index (χ0n) is 29.1. The van der Waals surface area contributed by atoms with Crippen LogP contribution in [0.25, 0.3) is 0 Å². The van der Waals surface area contributed by atoms with Crippen molar-refractivity contribution in [3.05, 3.63) is 0 Å². The summed E-state index contributed by atoms with van der Waals surface area (Å²) in [6, 6.07) is 0. The molecule has 0 aromatic heterocycles. The third-order valence-corrected chi connectivity index (χ3v) is 6.20.